The second kappa shape index (κ2) is 7.73. The molecule has 0 aliphatic heterocycles. The van der Waals surface area contributed by atoms with Crippen molar-refractivity contribution in [3.63, 3.8) is 0 Å². The molecule has 132 valence electrons. The standard InChI is InChI=1S/C18H12F3N3O2/c19-12-4-11(5-14(6-12)26-15-8-22-10-23-9-15)17(25)7-13-2-1-3-16(24-13)18(20)21/h1-6,8-10,18H,7H2. The summed E-state index contributed by atoms with van der Waals surface area (Å²) in [5, 5.41) is 0. The van der Waals surface area contributed by atoms with Gasteiger partial charge in [-0.25, -0.2) is 23.1 Å². The topological polar surface area (TPSA) is 65.0 Å². The van der Waals surface area contributed by atoms with Crippen LogP contribution in [-0.4, -0.2) is 20.7 Å². The van der Waals surface area contributed by atoms with E-state index < -0.39 is 23.7 Å². The first-order chi connectivity index (χ1) is 12.5. The fourth-order valence-corrected chi connectivity index (χ4v) is 2.24. The molecule has 0 saturated heterocycles. The number of benzene rings is 1. The normalized spacial score (nSPS) is 10.8. The molecule has 0 amide bonds. The summed E-state index contributed by atoms with van der Waals surface area (Å²) in [4.78, 5) is 23.7. The molecule has 3 aromatic rings. The van der Waals surface area contributed by atoms with E-state index in [2.05, 4.69) is 15.0 Å². The molecule has 2 heterocycles. The van der Waals surface area contributed by atoms with Crippen molar-refractivity contribution in [2.75, 3.05) is 0 Å². The third-order valence-corrected chi connectivity index (χ3v) is 3.36. The van der Waals surface area contributed by atoms with E-state index in [0.717, 1.165) is 12.1 Å². The Morgan fingerprint density at radius 1 is 1.08 bits per heavy atom. The number of rotatable bonds is 6. The Hall–Kier alpha value is -3.29. The van der Waals surface area contributed by atoms with E-state index in [-0.39, 0.29) is 29.2 Å². The molecule has 0 aliphatic rings. The van der Waals surface area contributed by atoms with Crippen LogP contribution in [0.3, 0.4) is 0 Å². The maximum Gasteiger partial charge on any atom is 0.280 e. The fourth-order valence-electron chi connectivity index (χ4n) is 2.24. The Bertz CT molecular complexity index is 921. The number of aromatic nitrogens is 3. The number of hydrogen-bond donors (Lipinski definition) is 0. The molecule has 5 nitrogen and oxygen atoms in total. The van der Waals surface area contributed by atoms with Crippen LogP contribution in [-0.2, 0) is 6.42 Å². The van der Waals surface area contributed by atoms with E-state index in [1.54, 1.807) is 0 Å². The molecule has 0 fully saturated rings. The van der Waals surface area contributed by atoms with Gasteiger partial charge in [0.1, 0.15) is 23.6 Å². The number of pyridine rings is 1. The molecule has 1 aromatic carbocycles. The van der Waals surface area contributed by atoms with Gasteiger partial charge in [0, 0.05) is 17.3 Å². The van der Waals surface area contributed by atoms with Crippen molar-refractivity contribution < 1.29 is 22.7 Å². The van der Waals surface area contributed by atoms with Gasteiger partial charge >= 0.3 is 0 Å². The molecular weight excluding hydrogens is 347 g/mol. The molecule has 0 saturated carbocycles. The molecule has 3 rings (SSSR count). The van der Waals surface area contributed by atoms with E-state index in [0.29, 0.717) is 0 Å². The van der Waals surface area contributed by atoms with E-state index in [4.69, 9.17) is 4.74 Å². The van der Waals surface area contributed by atoms with Crippen molar-refractivity contribution in [2.45, 2.75) is 12.8 Å². The first-order valence-corrected chi connectivity index (χ1v) is 7.52. The van der Waals surface area contributed by atoms with Crippen molar-refractivity contribution in [3.05, 3.63) is 77.9 Å². The Labute approximate surface area is 146 Å². The highest BCUT2D eigenvalue weighted by molar-refractivity contribution is 5.97. The molecular formula is C18H12F3N3O2. The summed E-state index contributed by atoms with van der Waals surface area (Å²) in [7, 11) is 0. The average molecular weight is 359 g/mol. The lowest BCUT2D eigenvalue weighted by Crippen LogP contribution is -2.07. The number of alkyl halides is 2. The summed E-state index contributed by atoms with van der Waals surface area (Å²) in [6.07, 6.45) is 1.12. The number of ketones is 1. The lowest BCUT2D eigenvalue weighted by atomic mass is 10.1. The maximum atomic E-state index is 13.8. The highest BCUT2D eigenvalue weighted by Gasteiger charge is 2.14. The summed E-state index contributed by atoms with van der Waals surface area (Å²) in [5.74, 6) is -0.769. The minimum Gasteiger partial charge on any atom is -0.454 e. The monoisotopic (exact) mass is 359 g/mol. The van der Waals surface area contributed by atoms with Gasteiger partial charge in [0.05, 0.1) is 18.8 Å². The molecule has 0 spiro atoms. The molecule has 0 unspecified atom stereocenters. The van der Waals surface area contributed by atoms with E-state index in [9.17, 15) is 18.0 Å². The third-order valence-electron chi connectivity index (χ3n) is 3.36. The fraction of sp³-hybridized carbons (Fsp3) is 0.111. The van der Waals surface area contributed by atoms with Crippen LogP contribution in [0.15, 0.2) is 55.1 Å². The summed E-state index contributed by atoms with van der Waals surface area (Å²) in [6, 6.07) is 7.55. The number of carbonyl (C=O) groups is 1. The lowest BCUT2D eigenvalue weighted by molar-refractivity contribution is 0.0990. The lowest BCUT2D eigenvalue weighted by Gasteiger charge is -2.08. The smallest absolute Gasteiger partial charge is 0.280 e. The van der Waals surface area contributed by atoms with Crippen LogP contribution < -0.4 is 4.74 Å². The van der Waals surface area contributed by atoms with Gasteiger partial charge in [-0.15, -0.1) is 0 Å². The number of Topliss-reactive ketones (excluding diaryl/α,β-unsaturated/α-hetero) is 1. The van der Waals surface area contributed by atoms with Crippen molar-refractivity contribution in [2.24, 2.45) is 0 Å². The van der Waals surface area contributed by atoms with E-state index in [1.807, 2.05) is 0 Å². The molecule has 26 heavy (non-hydrogen) atoms. The highest BCUT2D eigenvalue weighted by Crippen LogP contribution is 2.23. The Kier molecular flexibility index (Phi) is 5.21. The minimum absolute atomic E-state index is 0.0427. The second-order valence-corrected chi connectivity index (χ2v) is 5.31. The number of nitrogens with zero attached hydrogens (tertiary/aromatic N) is 3. The van der Waals surface area contributed by atoms with Gasteiger partial charge in [-0.3, -0.25) is 9.78 Å². The molecule has 0 atom stereocenters. The predicted molar refractivity (Wildman–Crippen MR) is 85.7 cm³/mol. The quantitative estimate of drug-likeness (QED) is 0.618. The summed E-state index contributed by atoms with van der Waals surface area (Å²) in [6.45, 7) is 0. The molecule has 0 bridgehead atoms. The van der Waals surface area contributed by atoms with Gasteiger partial charge in [0.2, 0.25) is 0 Å². The number of ether oxygens (including phenoxy) is 1. The third kappa shape index (κ3) is 4.41. The minimum atomic E-state index is -2.73. The van der Waals surface area contributed by atoms with E-state index in [1.165, 1.54) is 43.0 Å². The van der Waals surface area contributed by atoms with Crippen LogP contribution in [0.4, 0.5) is 13.2 Å². The largest absolute Gasteiger partial charge is 0.454 e. The Morgan fingerprint density at radius 3 is 2.58 bits per heavy atom. The summed E-state index contributed by atoms with van der Waals surface area (Å²) >= 11 is 0. The van der Waals surface area contributed by atoms with Gasteiger partial charge in [0.25, 0.3) is 6.43 Å². The summed E-state index contributed by atoms with van der Waals surface area (Å²) < 4.78 is 44.6. The van der Waals surface area contributed by atoms with Crippen LogP contribution in [0.5, 0.6) is 11.5 Å². The predicted octanol–water partition coefficient (Wildman–Crippen LogP) is 4.17. The molecule has 0 aliphatic carbocycles. The van der Waals surface area contributed by atoms with Crippen LogP contribution in [0, 0.1) is 5.82 Å². The van der Waals surface area contributed by atoms with Crippen molar-refractivity contribution in [1.29, 1.82) is 0 Å². The van der Waals surface area contributed by atoms with Crippen molar-refractivity contribution in [3.8, 4) is 11.5 Å². The first-order valence-electron chi connectivity index (χ1n) is 7.52. The van der Waals surface area contributed by atoms with Gasteiger partial charge < -0.3 is 4.74 Å². The zero-order valence-electron chi connectivity index (χ0n) is 13.3. The van der Waals surface area contributed by atoms with Crippen LogP contribution in [0.25, 0.3) is 0 Å². The van der Waals surface area contributed by atoms with Crippen LogP contribution in [0.1, 0.15) is 28.2 Å². The summed E-state index contributed by atoms with van der Waals surface area (Å²) in [5.41, 5.74) is -0.195. The molecule has 0 N–H and O–H groups in total. The zero-order valence-corrected chi connectivity index (χ0v) is 13.3. The SMILES string of the molecule is O=C(Cc1cccc(C(F)F)n1)c1cc(F)cc(Oc2cncnc2)c1. The van der Waals surface area contributed by atoms with Crippen LogP contribution in [0.2, 0.25) is 0 Å². The van der Waals surface area contributed by atoms with Crippen molar-refractivity contribution >= 4 is 5.78 Å². The van der Waals surface area contributed by atoms with Crippen molar-refractivity contribution in [1.82, 2.24) is 15.0 Å². The highest BCUT2D eigenvalue weighted by atomic mass is 19.3. The number of halogens is 3. The van der Waals surface area contributed by atoms with Gasteiger partial charge in [-0.1, -0.05) is 6.07 Å². The van der Waals surface area contributed by atoms with E-state index >= 15 is 0 Å². The number of carbonyl (C=O) groups excluding carboxylic acids is 1. The zero-order chi connectivity index (χ0) is 18.5. The Balaban J connectivity index is 1.80. The molecule has 8 heteroatoms. The molecule has 0 radical (unpaired) electrons. The molecule has 2 aromatic heterocycles. The van der Waals surface area contributed by atoms with Crippen LogP contribution >= 0.6 is 0 Å². The maximum absolute atomic E-state index is 13.8. The van der Waals surface area contributed by atoms with Gasteiger partial charge in [-0.05, 0) is 24.3 Å². The first kappa shape index (κ1) is 17.5. The average Bonchev–Trinajstić information content (AvgIpc) is 2.62. The Morgan fingerprint density at radius 2 is 1.85 bits per heavy atom. The number of hydrogen-bond acceptors (Lipinski definition) is 5. The second-order valence-electron chi connectivity index (χ2n) is 5.31. The van der Waals surface area contributed by atoms with Gasteiger partial charge in [0.15, 0.2) is 11.5 Å². The van der Waals surface area contributed by atoms with Gasteiger partial charge in [-0.2, -0.15) is 0 Å².